The molecule has 2 aromatic rings. The Hall–Kier alpha value is -3.29. The maximum Gasteiger partial charge on any atom is 0.322 e. The van der Waals surface area contributed by atoms with Crippen LogP contribution in [0.3, 0.4) is 0 Å². The molecular formula is C24H28FNO6. The highest BCUT2D eigenvalue weighted by atomic mass is 19.1. The van der Waals surface area contributed by atoms with Gasteiger partial charge in [-0.15, -0.1) is 0 Å². The van der Waals surface area contributed by atoms with Gasteiger partial charge in [0.2, 0.25) is 11.7 Å². The minimum atomic E-state index is -1.33. The third-order valence-electron chi connectivity index (χ3n) is 5.68. The first-order chi connectivity index (χ1) is 15.4. The van der Waals surface area contributed by atoms with Crippen LogP contribution in [0.4, 0.5) is 4.39 Å². The number of nitrogens with one attached hydrogen (secondary N) is 1. The Morgan fingerprint density at radius 2 is 1.78 bits per heavy atom. The minimum Gasteiger partial charge on any atom is -0.493 e. The van der Waals surface area contributed by atoms with E-state index in [1.165, 1.54) is 33.5 Å². The molecule has 1 N–H and O–H groups in total. The topological polar surface area (TPSA) is 83.1 Å². The van der Waals surface area contributed by atoms with E-state index in [-0.39, 0.29) is 19.0 Å². The molecule has 0 bridgehead atoms. The number of halogens is 1. The van der Waals surface area contributed by atoms with Crippen molar-refractivity contribution in [2.24, 2.45) is 5.41 Å². The SMILES string of the molecule is CCOC(=O)[C@]1(C(=O)NCCc2cccc(F)c2)C[C@H]1c1cc(OC)c(OC)c(OC)c1. The lowest BCUT2D eigenvalue weighted by molar-refractivity contribution is -0.154. The first-order valence-corrected chi connectivity index (χ1v) is 10.4. The third kappa shape index (κ3) is 4.49. The molecule has 8 heteroatoms. The zero-order chi connectivity index (χ0) is 23.3. The summed E-state index contributed by atoms with van der Waals surface area (Å²) in [4.78, 5) is 26.0. The Morgan fingerprint density at radius 1 is 1.09 bits per heavy atom. The van der Waals surface area contributed by atoms with Crippen molar-refractivity contribution in [1.29, 1.82) is 0 Å². The van der Waals surface area contributed by atoms with E-state index in [0.29, 0.717) is 35.7 Å². The maximum absolute atomic E-state index is 13.4. The summed E-state index contributed by atoms with van der Waals surface area (Å²) in [6.07, 6.45) is 0.744. The number of hydrogen-bond acceptors (Lipinski definition) is 6. The predicted molar refractivity (Wildman–Crippen MR) is 116 cm³/mol. The summed E-state index contributed by atoms with van der Waals surface area (Å²) >= 11 is 0. The Kier molecular flexibility index (Phi) is 7.22. The number of esters is 1. The monoisotopic (exact) mass is 445 g/mol. The molecule has 0 spiro atoms. The predicted octanol–water partition coefficient (Wildman–Crippen LogP) is 3.25. The zero-order valence-electron chi connectivity index (χ0n) is 18.7. The molecule has 32 heavy (non-hydrogen) atoms. The summed E-state index contributed by atoms with van der Waals surface area (Å²) in [5.41, 5.74) is 0.142. The summed E-state index contributed by atoms with van der Waals surface area (Å²) in [5.74, 6) is -0.393. The molecule has 0 radical (unpaired) electrons. The van der Waals surface area contributed by atoms with Crippen molar-refractivity contribution in [2.75, 3.05) is 34.5 Å². The number of methoxy groups -OCH3 is 3. The van der Waals surface area contributed by atoms with E-state index in [4.69, 9.17) is 18.9 Å². The van der Waals surface area contributed by atoms with E-state index in [1.54, 1.807) is 31.2 Å². The van der Waals surface area contributed by atoms with Crippen molar-refractivity contribution in [3.05, 3.63) is 53.3 Å². The number of ether oxygens (including phenoxy) is 4. The highest BCUT2D eigenvalue weighted by Gasteiger charge is 2.67. The average Bonchev–Trinajstić information content (AvgIpc) is 3.55. The van der Waals surface area contributed by atoms with Gasteiger partial charge in [0.1, 0.15) is 5.82 Å². The van der Waals surface area contributed by atoms with Crippen LogP contribution in [0.2, 0.25) is 0 Å². The second-order valence-corrected chi connectivity index (χ2v) is 7.54. The van der Waals surface area contributed by atoms with Crippen LogP contribution in [0.5, 0.6) is 17.2 Å². The van der Waals surface area contributed by atoms with Crippen molar-refractivity contribution in [3.8, 4) is 17.2 Å². The second-order valence-electron chi connectivity index (χ2n) is 7.54. The number of carbonyl (C=O) groups excluding carboxylic acids is 2. The standard InChI is InChI=1S/C24H28FNO6/c1-5-32-23(28)24(22(27)26-10-9-15-7-6-8-17(25)11-15)14-18(24)16-12-19(29-2)21(31-4)20(13-16)30-3/h6-8,11-13,18H,5,9-10,14H2,1-4H3,(H,26,27)/t18-,24+/m0/s1. The van der Waals surface area contributed by atoms with Crippen LogP contribution < -0.4 is 19.5 Å². The smallest absolute Gasteiger partial charge is 0.322 e. The summed E-state index contributed by atoms with van der Waals surface area (Å²) in [6, 6.07) is 9.67. The fraction of sp³-hybridized carbons (Fsp3) is 0.417. The molecule has 1 aliphatic rings. The Morgan fingerprint density at radius 3 is 2.34 bits per heavy atom. The van der Waals surface area contributed by atoms with Crippen LogP contribution in [-0.2, 0) is 20.7 Å². The molecule has 172 valence electrons. The average molecular weight is 445 g/mol. The Balaban J connectivity index is 1.82. The van der Waals surface area contributed by atoms with Crippen LogP contribution in [0.15, 0.2) is 36.4 Å². The molecule has 2 atom stereocenters. The normalized spacial score (nSPS) is 19.1. The van der Waals surface area contributed by atoms with Crippen molar-refractivity contribution < 1.29 is 32.9 Å². The maximum atomic E-state index is 13.4. The molecule has 1 aliphatic carbocycles. The van der Waals surface area contributed by atoms with Gasteiger partial charge >= 0.3 is 5.97 Å². The number of benzene rings is 2. The van der Waals surface area contributed by atoms with Gasteiger partial charge in [-0.1, -0.05) is 12.1 Å². The van der Waals surface area contributed by atoms with E-state index in [9.17, 15) is 14.0 Å². The molecule has 2 aromatic carbocycles. The zero-order valence-corrected chi connectivity index (χ0v) is 18.7. The van der Waals surface area contributed by atoms with Gasteiger partial charge in [-0.2, -0.15) is 0 Å². The third-order valence-corrected chi connectivity index (χ3v) is 5.68. The van der Waals surface area contributed by atoms with Crippen LogP contribution >= 0.6 is 0 Å². The largest absolute Gasteiger partial charge is 0.493 e. The Labute approximate surface area is 186 Å². The van der Waals surface area contributed by atoms with Crippen LogP contribution in [0.1, 0.15) is 30.4 Å². The van der Waals surface area contributed by atoms with Gasteiger partial charge in [0.15, 0.2) is 16.9 Å². The molecule has 0 saturated heterocycles. The van der Waals surface area contributed by atoms with Gasteiger partial charge in [0.05, 0.1) is 27.9 Å². The van der Waals surface area contributed by atoms with Gasteiger partial charge in [-0.3, -0.25) is 9.59 Å². The summed E-state index contributed by atoms with van der Waals surface area (Å²) in [6.45, 7) is 2.13. The van der Waals surface area contributed by atoms with Crippen LogP contribution in [-0.4, -0.2) is 46.4 Å². The number of rotatable bonds is 10. The molecule has 1 saturated carbocycles. The molecule has 0 heterocycles. The number of hydrogen-bond donors (Lipinski definition) is 1. The summed E-state index contributed by atoms with van der Waals surface area (Å²) in [7, 11) is 4.52. The summed E-state index contributed by atoms with van der Waals surface area (Å²) < 4.78 is 34.8. The lowest BCUT2D eigenvalue weighted by Gasteiger charge is -2.18. The molecule has 7 nitrogen and oxygen atoms in total. The summed E-state index contributed by atoms with van der Waals surface area (Å²) in [5, 5.41) is 2.82. The van der Waals surface area contributed by atoms with E-state index >= 15 is 0 Å². The molecule has 1 fully saturated rings. The van der Waals surface area contributed by atoms with Crippen molar-refractivity contribution in [1.82, 2.24) is 5.32 Å². The van der Waals surface area contributed by atoms with Crippen molar-refractivity contribution in [2.45, 2.75) is 25.7 Å². The number of carbonyl (C=O) groups is 2. The molecule has 0 unspecified atom stereocenters. The van der Waals surface area contributed by atoms with Gasteiger partial charge in [-0.25, -0.2) is 4.39 Å². The van der Waals surface area contributed by atoms with E-state index in [2.05, 4.69) is 5.32 Å². The number of amides is 1. The van der Waals surface area contributed by atoms with E-state index in [0.717, 1.165) is 5.56 Å². The molecule has 0 aliphatic heterocycles. The van der Waals surface area contributed by atoms with Gasteiger partial charge in [0.25, 0.3) is 0 Å². The highest BCUT2D eigenvalue weighted by molar-refractivity contribution is 6.07. The quantitative estimate of drug-likeness (QED) is 0.447. The van der Waals surface area contributed by atoms with E-state index < -0.39 is 23.2 Å². The highest BCUT2D eigenvalue weighted by Crippen LogP contribution is 2.61. The van der Waals surface area contributed by atoms with Crippen molar-refractivity contribution in [3.63, 3.8) is 0 Å². The molecule has 3 rings (SSSR count). The van der Waals surface area contributed by atoms with Gasteiger partial charge in [-0.05, 0) is 55.2 Å². The molecular weight excluding hydrogens is 417 g/mol. The Bertz CT molecular complexity index is 969. The lowest BCUT2D eigenvalue weighted by atomic mass is 9.97. The van der Waals surface area contributed by atoms with Crippen LogP contribution in [0.25, 0.3) is 0 Å². The van der Waals surface area contributed by atoms with Gasteiger partial charge in [0, 0.05) is 12.5 Å². The first-order valence-electron chi connectivity index (χ1n) is 10.4. The first kappa shape index (κ1) is 23.4. The molecule has 0 aromatic heterocycles. The lowest BCUT2D eigenvalue weighted by Crippen LogP contribution is -2.40. The molecule has 1 amide bonds. The fourth-order valence-electron chi connectivity index (χ4n) is 3.97. The van der Waals surface area contributed by atoms with Gasteiger partial charge < -0.3 is 24.3 Å². The fourth-order valence-corrected chi connectivity index (χ4v) is 3.97. The van der Waals surface area contributed by atoms with E-state index in [1.807, 2.05) is 0 Å². The minimum absolute atomic E-state index is 0.166. The van der Waals surface area contributed by atoms with Crippen LogP contribution in [0, 0.1) is 11.2 Å². The second kappa shape index (κ2) is 9.89. The van der Waals surface area contributed by atoms with Crippen molar-refractivity contribution >= 4 is 11.9 Å².